The Morgan fingerprint density at radius 3 is 2.78 bits per heavy atom. The molecule has 0 fully saturated rings. The van der Waals surface area contributed by atoms with E-state index >= 15 is 0 Å². The predicted molar refractivity (Wildman–Crippen MR) is 61.3 cm³/mol. The van der Waals surface area contributed by atoms with Crippen molar-refractivity contribution in [3.05, 3.63) is 23.7 Å². The van der Waals surface area contributed by atoms with E-state index in [-0.39, 0.29) is 11.6 Å². The van der Waals surface area contributed by atoms with E-state index in [0.717, 1.165) is 0 Å². The van der Waals surface area contributed by atoms with Gasteiger partial charge in [0.05, 0.1) is 6.20 Å². The van der Waals surface area contributed by atoms with E-state index in [4.69, 9.17) is 4.52 Å². The van der Waals surface area contributed by atoms with Gasteiger partial charge in [-0.1, -0.05) is 5.16 Å². The first-order chi connectivity index (χ1) is 8.47. The molecule has 18 heavy (non-hydrogen) atoms. The number of aryl methyl sites for hydroxylation is 2. The molecule has 0 bridgehead atoms. The zero-order chi connectivity index (χ0) is 13.2. The molecule has 0 atom stereocenters. The summed E-state index contributed by atoms with van der Waals surface area (Å²) in [6, 6.07) is 0. The summed E-state index contributed by atoms with van der Waals surface area (Å²) in [5.74, 6) is 1.47. The Morgan fingerprint density at radius 1 is 1.44 bits per heavy atom. The van der Waals surface area contributed by atoms with Crippen LogP contribution in [-0.4, -0.2) is 35.1 Å². The number of aromatic nitrogens is 4. The normalized spacial score (nSPS) is 11.9. The maximum absolute atomic E-state index is 11.8. The molecule has 0 saturated heterocycles. The van der Waals surface area contributed by atoms with Crippen molar-refractivity contribution >= 4 is 10.0 Å². The largest absolute Gasteiger partial charge is 0.339 e. The first kappa shape index (κ1) is 12.7. The van der Waals surface area contributed by atoms with Gasteiger partial charge in [-0.15, -0.1) is 0 Å². The topological polar surface area (TPSA) is 114 Å². The highest BCUT2D eigenvalue weighted by atomic mass is 32.2. The predicted octanol–water partition coefficient (Wildman–Crippen LogP) is -0.0695. The van der Waals surface area contributed by atoms with Crippen molar-refractivity contribution in [2.75, 3.05) is 6.54 Å². The third-order valence-corrected chi connectivity index (χ3v) is 3.54. The van der Waals surface area contributed by atoms with Gasteiger partial charge in [-0.3, -0.25) is 0 Å². The van der Waals surface area contributed by atoms with Crippen molar-refractivity contribution < 1.29 is 12.9 Å². The number of H-pyrrole nitrogens is 1. The van der Waals surface area contributed by atoms with E-state index in [1.807, 2.05) is 0 Å². The molecule has 2 rings (SSSR count). The van der Waals surface area contributed by atoms with E-state index in [0.29, 0.717) is 24.0 Å². The molecule has 0 aliphatic carbocycles. The maximum Gasteiger partial charge on any atom is 0.257 e. The molecule has 0 aliphatic heterocycles. The second-order valence-electron chi connectivity index (χ2n) is 3.72. The molecule has 98 valence electrons. The summed E-state index contributed by atoms with van der Waals surface area (Å²) in [5, 5.41) is 3.66. The minimum absolute atomic E-state index is 0.0432. The van der Waals surface area contributed by atoms with Gasteiger partial charge >= 0.3 is 0 Å². The summed E-state index contributed by atoms with van der Waals surface area (Å²) >= 11 is 0. The van der Waals surface area contributed by atoms with E-state index in [9.17, 15) is 8.42 Å². The van der Waals surface area contributed by atoms with Crippen LogP contribution in [0.3, 0.4) is 0 Å². The molecular formula is C9H13N5O3S. The van der Waals surface area contributed by atoms with Crippen LogP contribution >= 0.6 is 0 Å². The Kier molecular flexibility index (Phi) is 3.43. The van der Waals surface area contributed by atoms with Gasteiger partial charge < -0.3 is 9.51 Å². The highest BCUT2D eigenvalue weighted by Gasteiger charge is 2.16. The van der Waals surface area contributed by atoms with Crippen molar-refractivity contribution in [3.8, 4) is 0 Å². The van der Waals surface area contributed by atoms with Crippen LogP contribution in [0, 0.1) is 13.8 Å². The fourth-order valence-corrected chi connectivity index (χ4v) is 2.35. The molecule has 2 N–H and O–H groups in total. The standard InChI is InChI=1S/C9H13N5O3S/c1-6-10-5-9(13-6)18(15,16)11-4-3-8-12-7(2)14-17-8/h5,11H,3-4H2,1-2H3,(H,10,13). The lowest BCUT2D eigenvalue weighted by Gasteiger charge is -2.02. The third-order valence-electron chi connectivity index (χ3n) is 2.17. The van der Waals surface area contributed by atoms with E-state index in [2.05, 4.69) is 24.8 Å². The van der Waals surface area contributed by atoms with Crippen molar-refractivity contribution in [1.82, 2.24) is 24.8 Å². The number of imidazole rings is 1. The number of aromatic amines is 1. The Labute approximate surface area is 104 Å². The van der Waals surface area contributed by atoms with E-state index in [1.54, 1.807) is 13.8 Å². The van der Waals surface area contributed by atoms with Crippen molar-refractivity contribution in [3.63, 3.8) is 0 Å². The van der Waals surface area contributed by atoms with Gasteiger partial charge in [-0.25, -0.2) is 18.1 Å². The monoisotopic (exact) mass is 271 g/mol. The molecular weight excluding hydrogens is 258 g/mol. The lowest BCUT2D eigenvalue weighted by atomic mass is 10.4. The summed E-state index contributed by atoms with van der Waals surface area (Å²) in [7, 11) is -3.56. The first-order valence-corrected chi connectivity index (χ1v) is 6.76. The molecule has 2 aromatic rings. The van der Waals surface area contributed by atoms with Crippen LogP contribution in [0.5, 0.6) is 0 Å². The first-order valence-electron chi connectivity index (χ1n) is 5.28. The van der Waals surface area contributed by atoms with Crippen LogP contribution in [0.4, 0.5) is 0 Å². The van der Waals surface area contributed by atoms with Crippen molar-refractivity contribution in [1.29, 1.82) is 0 Å². The van der Waals surface area contributed by atoms with Crippen molar-refractivity contribution in [2.45, 2.75) is 25.3 Å². The molecule has 0 aromatic carbocycles. The SMILES string of the molecule is Cc1noc(CCNS(=O)(=O)c2cnc(C)[nH]2)n1. The van der Waals surface area contributed by atoms with Crippen LogP contribution in [0.25, 0.3) is 0 Å². The number of nitrogens with zero attached hydrogens (tertiary/aromatic N) is 3. The number of rotatable bonds is 5. The molecule has 0 unspecified atom stereocenters. The fraction of sp³-hybridized carbons (Fsp3) is 0.444. The number of hydrogen-bond acceptors (Lipinski definition) is 6. The van der Waals surface area contributed by atoms with Gasteiger partial charge in [0.25, 0.3) is 10.0 Å². The second kappa shape index (κ2) is 4.86. The summed E-state index contributed by atoms with van der Waals surface area (Å²) < 4.78 is 30.9. The zero-order valence-corrected chi connectivity index (χ0v) is 10.8. The van der Waals surface area contributed by atoms with Gasteiger partial charge in [-0.2, -0.15) is 4.98 Å². The molecule has 0 saturated carbocycles. The zero-order valence-electron chi connectivity index (χ0n) is 9.97. The van der Waals surface area contributed by atoms with E-state index in [1.165, 1.54) is 6.20 Å². The highest BCUT2D eigenvalue weighted by Crippen LogP contribution is 2.04. The lowest BCUT2D eigenvalue weighted by molar-refractivity contribution is 0.375. The minimum Gasteiger partial charge on any atom is -0.339 e. The van der Waals surface area contributed by atoms with Crippen LogP contribution in [0.2, 0.25) is 0 Å². The summed E-state index contributed by atoms with van der Waals surface area (Å²) in [5.41, 5.74) is 0. The van der Waals surface area contributed by atoms with Gasteiger partial charge in [0.2, 0.25) is 5.89 Å². The van der Waals surface area contributed by atoms with Crippen LogP contribution in [0.1, 0.15) is 17.5 Å². The number of hydrogen-bond donors (Lipinski definition) is 2. The minimum atomic E-state index is -3.56. The van der Waals surface area contributed by atoms with Crippen LogP contribution < -0.4 is 4.72 Å². The lowest BCUT2D eigenvalue weighted by Crippen LogP contribution is -2.26. The summed E-state index contributed by atoms with van der Waals surface area (Å²) in [6.07, 6.45) is 1.61. The molecule has 9 heteroatoms. The van der Waals surface area contributed by atoms with Gasteiger partial charge in [0, 0.05) is 13.0 Å². The quantitative estimate of drug-likeness (QED) is 0.787. The Bertz CT molecular complexity index is 630. The molecule has 0 spiro atoms. The molecule has 2 heterocycles. The van der Waals surface area contributed by atoms with Gasteiger partial charge in [0.1, 0.15) is 5.82 Å². The molecule has 8 nitrogen and oxygen atoms in total. The number of sulfonamides is 1. The molecule has 2 aromatic heterocycles. The molecule has 0 radical (unpaired) electrons. The smallest absolute Gasteiger partial charge is 0.257 e. The van der Waals surface area contributed by atoms with Gasteiger partial charge in [0.15, 0.2) is 10.9 Å². The fourth-order valence-electron chi connectivity index (χ4n) is 1.35. The third kappa shape index (κ3) is 2.93. The highest BCUT2D eigenvalue weighted by molar-refractivity contribution is 7.89. The number of nitrogens with one attached hydrogen (secondary N) is 2. The maximum atomic E-state index is 11.8. The Hall–Kier alpha value is -1.74. The van der Waals surface area contributed by atoms with Gasteiger partial charge in [-0.05, 0) is 13.8 Å². The average Bonchev–Trinajstić information content (AvgIpc) is 2.88. The Balaban J connectivity index is 1.93. The van der Waals surface area contributed by atoms with E-state index < -0.39 is 10.0 Å². The average molecular weight is 271 g/mol. The molecule has 0 amide bonds. The van der Waals surface area contributed by atoms with Crippen LogP contribution in [0.15, 0.2) is 15.7 Å². The molecule has 0 aliphatic rings. The van der Waals surface area contributed by atoms with Crippen molar-refractivity contribution in [2.24, 2.45) is 0 Å². The van der Waals surface area contributed by atoms with Crippen LogP contribution in [-0.2, 0) is 16.4 Å². The Morgan fingerprint density at radius 2 is 2.22 bits per heavy atom. The summed E-state index contributed by atoms with van der Waals surface area (Å²) in [4.78, 5) is 10.5. The second-order valence-corrected chi connectivity index (χ2v) is 5.45. The summed E-state index contributed by atoms with van der Waals surface area (Å²) in [6.45, 7) is 3.56.